The summed E-state index contributed by atoms with van der Waals surface area (Å²) in [4.78, 5) is 14.5. The van der Waals surface area contributed by atoms with Crippen molar-refractivity contribution in [1.82, 2.24) is 4.90 Å². The molecule has 0 aliphatic heterocycles. The SMILES string of the molecule is C#CCC(CC#C)C(=O)N(CC(O)COc1ccc(CCOCC2CC2)cc1)C(C)C. The zero-order valence-corrected chi connectivity index (χ0v) is 18.8. The Kier molecular flexibility index (Phi) is 10.4. The molecule has 1 aliphatic rings. The number of terminal acetylenes is 2. The maximum absolute atomic E-state index is 12.8. The van der Waals surface area contributed by atoms with Gasteiger partial charge in [0.25, 0.3) is 0 Å². The second-order valence-corrected chi connectivity index (χ2v) is 8.47. The Hall–Kier alpha value is -2.47. The maximum atomic E-state index is 12.8. The van der Waals surface area contributed by atoms with Crippen LogP contribution in [0.25, 0.3) is 0 Å². The lowest BCUT2D eigenvalue weighted by molar-refractivity contribution is -0.138. The van der Waals surface area contributed by atoms with E-state index in [1.807, 2.05) is 38.1 Å². The molecule has 2 rings (SSSR count). The Bertz CT molecular complexity index is 739. The van der Waals surface area contributed by atoms with Gasteiger partial charge in [0.2, 0.25) is 5.91 Å². The monoisotopic (exact) mass is 425 g/mol. The molecule has 1 aromatic rings. The van der Waals surface area contributed by atoms with Gasteiger partial charge in [-0.1, -0.05) is 12.1 Å². The molecule has 1 fully saturated rings. The minimum absolute atomic E-state index is 0.0818. The van der Waals surface area contributed by atoms with Crippen molar-refractivity contribution < 1.29 is 19.4 Å². The number of hydrogen-bond donors (Lipinski definition) is 1. The molecule has 1 N–H and O–H groups in total. The smallest absolute Gasteiger partial charge is 0.227 e. The average molecular weight is 426 g/mol. The predicted octanol–water partition coefficient (Wildman–Crippen LogP) is 3.30. The third-order valence-electron chi connectivity index (χ3n) is 5.34. The van der Waals surface area contributed by atoms with Gasteiger partial charge in [0.15, 0.2) is 0 Å². The van der Waals surface area contributed by atoms with Crippen molar-refractivity contribution in [2.24, 2.45) is 11.8 Å². The number of rotatable bonds is 14. The minimum atomic E-state index is -0.820. The molecule has 0 spiro atoms. The summed E-state index contributed by atoms with van der Waals surface area (Å²) in [5.41, 5.74) is 1.19. The van der Waals surface area contributed by atoms with Crippen LogP contribution in [0.5, 0.6) is 5.75 Å². The van der Waals surface area contributed by atoms with Gasteiger partial charge in [-0.2, -0.15) is 0 Å². The van der Waals surface area contributed by atoms with E-state index in [-0.39, 0.29) is 37.9 Å². The number of aliphatic hydroxyl groups is 1. The molecular formula is C26H35NO4. The first-order chi connectivity index (χ1) is 14.9. The van der Waals surface area contributed by atoms with Gasteiger partial charge in [-0.25, -0.2) is 0 Å². The normalized spacial score (nSPS) is 14.2. The Labute approximate surface area is 187 Å². The maximum Gasteiger partial charge on any atom is 0.227 e. The molecule has 1 aliphatic carbocycles. The second-order valence-electron chi connectivity index (χ2n) is 8.47. The molecule has 0 aromatic heterocycles. The highest BCUT2D eigenvalue weighted by molar-refractivity contribution is 5.79. The Balaban J connectivity index is 1.78. The van der Waals surface area contributed by atoms with Crippen LogP contribution in [0, 0.1) is 36.5 Å². The van der Waals surface area contributed by atoms with Crippen molar-refractivity contribution >= 4 is 5.91 Å². The van der Waals surface area contributed by atoms with Crippen LogP contribution in [0.4, 0.5) is 0 Å². The highest BCUT2D eigenvalue weighted by Gasteiger charge is 2.27. The molecule has 0 radical (unpaired) electrons. The first-order valence-corrected chi connectivity index (χ1v) is 11.1. The van der Waals surface area contributed by atoms with Crippen LogP contribution in [-0.2, 0) is 16.0 Å². The number of amides is 1. The zero-order valence-electron chi connectivity index (χ0n) is 18.8. The summed E-state index contributed by atoms with van der Waals surface area (Å²) in [6.45, 7) is 5.67. The van der Waals surface area contributed by atoms with Gasteiger partial charge in [-0.05, 0) is 56.7 Å². The summed E-state index contributed by atoms with van der Waals surface area (Å²) in [6.07, 6.45) is 14.0. The first kappa shape index (κ1) is 24.8. The van der Waals surface area contributed by atoms with Crippen molar-refractivity contribution in [3.8, 4) is 30.4 Å². The van der Waals surface area contributed by atoms with E-state index in [1.165, 1.54) is 18.4 Å². The Morgan fingerprint density at radius 2 is 1.84 bits per heavy atom. The summed E-state index contributed by atoms with van der Waals surface area (Å²) in [6, 6.07) is 7.72. The van der Waals surface area contributed by atoms with Gasteiger partial charge in [0, 0.05) is 25.5 Å². The number of hydrogen-bond acceptors (Lipinski definition) is 4. The highest BCUT2D eigenvalue weighted by atomic mass is 16.5. The molecule has 1 saturated carbocycles. The van der Waals surface area contributed by atoms with Gasteiger partial charge in [0.1, 0.15) is 18.5 Å². The quantitative estimate of drug-likeness (QED) is 0.367. The minimum Gasteiger partial charge on any atom is -0.491 e. The van der Waals surface area contributed by atoms with E-state index in [1.54, 1.807) is 4.90 Å². The molecule has 31 heavy (non-hydrogen) atoms. The molecule has 168 valence electrons. The van der Waals surface area contributed by atoms with Crippen LogP contribution < -0.4 is 4.74 Å². The Morgan fingerprint density at radius 1 is 1.19 bits per heavy atom. The lowest BCUT2D eigenvalue weighted by atomic mass is 9.99. The number of aliphatic hydroxyl groups excluding tert-OH is 1. The van der Waals surface area contributed by atoms with Crippen molar-refractivity contribution in [2.45, 2.75) is 58.1 Å². The van der Waals surface area contributed by atoms with Crippen molar-refractivity contribution in [3.05, 3.63) is 29.8 Å². The average Bonchev–Trinajstić information content (AvgIpc) is 3.58. The lowest BCUT2D eigenvalue weighted by Gasteiger charge is -2.31. The molecule has 1 aromatic carbocycles. The summed E-state index contributed by atoms with van der Waals surface area (Å²) in [7, 11) is 0. The molecule has 0 bridgehead atoms. The topological polar surface area (TPSA) is 59.0 Å². The zero-order chi connectivity index (χ0) is 22.6. The summed E-state index contributed by atoms with van der Waals surface area (Å²) < 4.78 is 11.4. The van der Waals surface area contributed by atoms with Crippen LogP contribution in [0.2, 0.25) is 0 Å². The van der Waals surface area contributed by atoms with Crippen LogP contribution in [-0.4, -0.2) is 54.4 Å². The predicted molar refractivity (Wildman–Crippen MR) is 122 cm³/mol. The molecule has 1 amide bonds. The van der Waals surface area contributed by atoms with Crippen molar-refractivity contribution in [2.75, 3.05) is 26.4 Å². The van der Waals surface area contributed by atoms with E-state index >= 15 is 0 Å². The van der Waals surface area contributed by atoms with Crippen LogP contribution in [0.3, 0.4) is 0 Å². The fourth-order valence-corrected chi connectivity index (χ4v) is 3.27. The highest BCUT2D eigenvalue weighted by Crippen LogP contribution is 2.28. The van der Waals surface area contributed by atoms with Gasteiger partial charge in [0.05, 0.1) is 19.1 Å². The van der Waals surface area contributed by atoms with Crippen molar-refractivity contribution in [1.29, 1.82) is 0 Å². The number of carbonyl (C=O) groups is 1. The summed E-state index contributed by atoms with van der Waals surface area (Å²) in [5, 5.41) is 10.5. The molecule has 1 unspecified atom stereocenters. The third-order valence-corrected chi connectivity index (χ3v) is 5.34. The third kappa shape index (κ3) is 9.05. The fourth-order valence-electron chi connectivity index (χ4n) is 3.27. The van der Waals surface area contributed by atoms with E-state index in [0.29, 0.717) is 5.75 Å². The molecule has 5 heteroatoms. The van der Waals surface area contributed by atoms with Crippen LogP contribution >= 0.6 is 0 Å². The molecule has 0 saturated heterocycles. The summed E-state index contributed by atoms with van der Waals surface area (Å²) >= 11 is 0. The van der Waals surface area contributed by atoms with E-state index in [2.05, 4.69) is 11.8 Å². The van der Waals surface area contributed by atoms with Gasteiger partial charge >= 0.3 is 0 Å². The van der Waals surface area contributed by atoms with Gasteiger partial charge < -0.3 is 19.5 Å². The lowest BCUT2D eigenvalue weighted by Crippen LogP contribution is -2.46. The largest absolute Gasteiger partial charge is 0.491 e. The number of carbonyl (C=O) groups excluding carboxylic acids is 1. The fraction of sp³-hybridized carbons (Fsp3) is 0.577. The number of benzene rings is 1. The van der Waals surface area contributed by atoms with E-state index in [4.69, 9.17) is 22.3 Å². The van der Waals surface area contributed by atoms with E-state index < -0.39 is 12.0 Å². The second kappa shape index (κ2) is 13.1. The molecule has 5 nitrogen and oxygen atoms in total. The standard InChI is InChI=1S/C26H35NO4/c1-5-7-23(8-6-2)26(29)27(20(3)4)17-24(28)19-31-25-13-11-21(12-14-25)15-16-30-18-22-9-10-22/h1-2,11-14,20,22-24,28H,7-10,15-19H2,3-4H3. The molecule has 0 heterocycles. The van der Waals surface area contributed by atoms with E-state index in [0.717, 1.165) is 25.6 Å². The summed E-state index contributed by atoms with van der Waals surface area (Å²) in [5.74, 6) is 5.95. The van der Waals surface area contributed by atoms with Crippen molar-refractivity contribution in [3.63, 3.8) is 0 Å². The molecular weight excluding hydrogens is 390 g/mol. The first-order valence-electron chi connectivity index (χ1n) is 11.1. The van der Waals surface area contributed by atoms with Gasteiger partial charge in [-0.15, -0.1) is 24.7 Å². The number of ether oxygens (including phenoxy) is 2. The van der Waals surface area contributed by atoms with Crippen LogP contribution in [0.1, 0.15) is 45.1 Å². The van der Waals surface area contributed by atoms with Crippen LogP contribution in [0.15, 0.2) is 24.3 Å². The Morgan fingerprint density at radius 3 is 2.39 bits per heavy atom. The van der Waals surface area contributed by atoms with E-state index in [9.17, 15) is 9.90 Å². The molecule has 1 atom stereocenters. The number of nitrogens with zero attached hydrogens (tertiary/aromatic N) is 1. The van der Waals surface area contributed by atoms with Gasteiger partial charge in [-0.3, -0.25) is 4.79 Å².